The Morgan fingerprint density at radius 3 is 2.57 bits per heavy atom. The van der Waals surface area contributed by atoms with Gasteiger partial charge in [0.05, 0.1) is 6.07 Å². The summed E-state index contributed by atoms with van der Waals surface area (Å²) in [5.74, 6) is 6.09. The van der Waals surface area contributed by atoms with E-state index < -0.39 is 17.2 Å². The summed E-state index contributed by atoms with van der Waals surface area (Å²) in [5, 5.41) is 19.7. The molecular formula is C30H32F3NO3. The fourth-order valence-electron chi connectivity index (χ4n) is 8.22. The van der Waals surface area contributed by atoms with Crippen LogP contribution in [0.4, 0.5) is 13.2 Å². The molecule has 0 aliphatic heterocycles. The van der Waals surface area contributed by atoms with Gasteiger partial charge in [-0.1, -0.05) is 36.5 Å². The highest BCUT2D eigenvalue weighted by molar-refractivity contribution is 5.91. The van der Waals surface area contributed by atoms with E-state index in [-0.39, 0.29) is 61.4 Å². The highest BCUT2D eigenvalue weighted by Crippen LogP contribution is 2.70. The van der Waals surface area contributed by atoms with Gasteiger partial charge in [0.1, 0.15) is 13.2 Å². The molecule has 7 atom stereocenters. The van der Waals surface area contributed by atoms with Gasteiger partial charge in [-0.3, -0.25) is 4.79 Å². The summed E-state index contributed by atoms with van der Waals surface area (Å²) < 4.78 is 48.1. The smallest absolute Gasteiger partial charge is 0.380 e. The maximum Gasteiger partial charge on any atom is 0.417 e. The highest BCUT2D eigenvalue weighted by Gasteiger charge is 2.73. The van der Waals surface area contributed by atoms with Crippen molar-refractivity contribution in [2.45, 2.75) is 69.6 Å². The van der Waals surface area contributed by atoms with Gasteiger partial charge in [0.2, 0.25) is 0 Å². The van der Waals surface area contributed by atoms with E-state index in [4.69, 9.17) is 10.00 Å². The Balaban J connectivity index is 1.51. The van der Waals surface area contributed by atoms with E-state index in [0.717, 1.165) is 36.0 Å². The van der Waals surface area contributed by atoms with Crippen LogP contribution >= 0.6 is 0 Å². The van der Waals surface area contributed by atoms with Crippen LogP contribution in [0.5, 0.6) is 0 Å². The van der Waals surface area contributed by atoms with Gasteiger partial charge in [-0.05, 0) is 91.9 Å². The Labute approximate surface area is 215 Å². The standard InChI is InChI=1S/C30H32F3NO3/c1-28-18-25(20-6-4-19(5-7-20)3-2-15-37-16-14-34)27-23-11-9-22(35)17-21(23)8-10-24(27)26(28)12-13-29(28,36)30(31,32)33/h4-7,17,23-27,36H,8-13,15-16,18H2,1H3/t23?,24?,25-,26?,27?,28?,29+/m1/s1. The number of aliphatic hydroxyl groups is 1. The van der Waals surface area contributed by atoms with Crippen molar-refractivity contribution in [1.29, 1.82) is 5.26 Å². The second kappa shape index (κ2) is 9.61. The lowest BCUT2D eigenvalue weighted by Gasteiger charge is -2.58. The number of carbonyl (C=O) groups excluding carboxylic acids is 1. The van der Waals surface area contributed by atoms with Gasteiger partial charge in [0, 0.05) is 17.4 Å². The molecule has 0 saturated heterocycles. The summed E-state index contributed by atoms with van der Waals surface area (Å²) in [6, 6.07) is 9.56. The summed E-state index contributed by atoms with van der Waals surface area (Å²) in [6.07, 6.45) is 0.263. The number of hydrogen-bond acceptors (Lipinski definition) is 4. The second-order valence-electron chi connectivity index (χ2n) is 11.4. The number of allylic oxidation sites excluding steroid dienone is 1. The normalized spacial score (nSPS) is 36.8. The third-order valence-electron chi connectivity index (χ3n) is 9.84. The summed E-state index contributed by atoms with van der Waals surface area (Å²) in [7, 11) is 0. The van der Waals surface area contributed by atoms with E-state index in [1.807, 2.05) is 30.3 Å². The molecule has 4 aliphatic rings. The number of nitriles is 1. The molecule has 4 nitrogen and oxygen atoms in total. The third-order valence-corrected chi connectivity index (χ3v) is 9.84. The van der Waals surface area contributed by atoms with Crippen molar-refractivity contribution in [1.82, 2.24) is 0 Å². The van der Waals surface area contributed by atoms with Gasteiger partial charge < -0.3 is 9.84 Å². The SMILES string of the molecule is CC12C[C@H](c3ccc(C#CCOCC#N)cc3)C3C4CCC(=O)C=C4CCC3C1CC[C@@]2(O)C(F)(F)F. The van der Waals surface area contributed by atoms with Gasteiger partial charge in [0.15, 0.2) is 11.4 Å². The van der Waals surface area contributed by atoms with Gasteiger partial charge in [-0.2, -0.15) is 18.4 Å². The lowest BCUT2D eigenvalue weighted by molar-refractivity contribution is -0.303. The average molecular weight is 512 g/mol. The van der Waals surface area contributed by atoms with Crippen molar-refractivity contribution >= 4 is 5.78 Å². The van der Waals surface area contributed by atoms with E-state index >= 15 is 0 Å². The van der Waals surface area contributed by atoms with Gasteiger partial charge in [0.25, 0.3) is 0 Å². The van der Waals surface area contributed by atoms with Crippen LogP contribution < -0.4 is 0 Å². The highest BCUT2D eigenvalue weighted by atomic mass is 19.4. The van der Waals surface area contributed by atoms with Crippen LogP contribution in [-0.4, -0.2) is 35.9 Å². The average Bonchev–Trinajstić information content (AvgIpc) is 3.15. The van der Waals surface area contributed by atoms with E-state index in [9.17, 15) is 23.1 Å². The first-order chi connectivity index (χ1) is 17.6. The van der Waals surface area contributed by atoms with Crippen LogP contribution in [0.2, 0.25) is 0 Å². The van der Waals surface area contributed by atoms with Crippen molar-refractivity contribution in [2.24, 2.45) is 29.1 Å². The molecule has 37 heavy (non-hydrogen) atoms. The van der Waals surface area contributed by atoms with Crippen LogP contribution in [0.25, 0.3) is 0 Å². The summed E-state index contributed by atoms with van der Waals surface area (Å²) in [4.78, 5) is 12.2. The monoisotopic (exact) mass is 511 g/mol. The first-order valence-corrected chi connectivity index (χ1v) is 13.1. The molecule has 3 fully saturated rings. The Hall–Kier alpha value is -2.61. The molecule has 0 amide bonds. The molecule has 0 bridgehead atoms. The van der Waals surface area contributed by atoms with Crippen LogP contribution in [0.1, 0.15) is 68.9 Å². The predicted octanol–water partition coefficient (Wildman–Crippen LogP) is 5.71. The molecule has 196 valence electrons. The topological polar surface area (TPSA) is 70.3 Å². The third kappa shape index (κ3) is 4.31. The minimum absolute atomic E-state index is 0.0227. The number of fused-ring (bicyclic) bond motifs is 5. The predicted molar refractivity (Wildman–Crippen MR) is 131 cm³/mol. The molecule has 7 heteroatoms. The molecule has 0 aromatic heterocycles. The quantitative estimate of drug-likeness (QED) is 0.417. The summed E-state index contributed by atoms with van der Waals surface area (Å²) >= 11 is 0. The van der Waals surface area contributed by atoms with E-state index in [0.29, 0.717) is 12.8 Å². The van der Waals surface area contributed by atoms with Gasteiger partial charge >= 0.3 is 6.18 Å². The van der Waals surface area contributed by atoms with Gasteiger partial charge in [-0.15, -0.1) is 0 Å². The number of ether oxygens (including phenoxy) is 1. The fraction of sp³-hybridized carbons (Fsp3) is 0.600. The van der Waals surface area contributed by atoms with Crippen molar-refractivity contribution in [3.63, 3.8) is 0 Å². The van der Waals surface area contributed by atoms with Crippen LogP contribution in [0.3, 0.4) is 0 Å². The molecule has 0 heterocycles. The fourth-order valence-corrected chi connectivity index (χ4v) is 8.22. The number of benzene rings is 1. The van der Waals surface area contributed by atoms with Crippen LogP contribution in [0.15, 0.2) is 35.9 Å². The second-order valence-corrected chi connectivity index (χ2v) is 11.4. The Bertz CT molecular complexity index is 1190. The number of hydrogen-bond donors (Lipinski definition) is 1. The number of carbonyl (C=O) groups is 1. The zero-order valence-corrected chi connectivity index (χ0v) is 21.0. The van der Waals surface area contributed by atoms with Crippen LogP contribution in [-0.2, 0) is 9.53 Å². The number of halogens is 3. The number of alkyl halides is 3. The number of nitrogens with zero attached hydrogens (tertiary/aromatic N) is 1. The molecule has 1 aromatic carbocycles. The number of ketones is 1. The summed E-state index contributed by atoms with van der Waals surface area (Å²) in [6.45, 7) is 1.79. The molecule has 5 rings (SSSR count). The molecular weight excluding hydrogens is 479 g/mol. The van der Waals surface area contributed by atoms with E-state index in [1.165, 1.54) is 0 Å². The maximum absolute atomic E-state index is 14.3. The van der Waals surface area contributed by atoms with Gasteiger partial charge in [-0.25, -0.2) is 0 Å². The van der Waals surface area contributed by atoms with Crippen LogP contribution in [0, 0.1) is 52.3 Å². The first-order valence-electron chi connectivity index (χ1n) is 13.1. The summed E-state index contributed by atoms with van der Waals surface area (Å²) in [5.41, 5.74) is -1.06. The lowest BCUT2D eigenvalue weighted by Crippen LogP contribution is -2.60. The van der Waals surface area contributed by atoms with E-state index in [2.05, 4.69) is 11.8 Å². The largest absolute Gasteiger partial charge is 0.417 e. The minimum atomic E-state index is -4.68. The molecule has 0 radical (unpaired) electrons. The van der Waals surface area contributed by atoms with Crippen molar-refractivity contribution in [2.75, 3.05) is 13.2 Å². The molecule has 3 saturated carbocycles. The Morgan fingerprint density at radius 2 is 1.86 bits per heavy atom. The Kier molecular flexibility index (Phi) is 6.75. The molecule has 1 aromatic rings. The minimum Gasteiger partial charge on any atom is -0.380 e. The zero-order chi connectivity index (χ0) is 26.4. The van der Waals surface area contributed by atoms with Crippen molar-refractivity contribution < 1.29 is 27.8 Å². The zero-order valence-electron chi connectivity index (χ0n) is 21.0. The number of rotatable bonds is 3. The molecule has 5 unspecified atom stereocenters. The van der Waals surface area contributed by atoms with Crippen molar-refractivity contribution in [3.8, 4) is 17.9 Å². The molecule has 4 aliphatic carbocycles. The Morgan fingerprint density at radius 1 is 1.11 bits per heavy atom. The lowest BCUT2D eigenvalue weighted by atomic mass is 9.46. The van der Waals surface area contributed by atoms with E-state index in [1.54, 1.807) is 13.0 Å². The maximum atomic E-state index is 14.3. The molecule has 1 N–H and O–H groups in total. The van der Waals surface area contributed by atoms with Crippen molar-refractivity contribution in [3.05, 3.63) is 47.0 Å². The first kappa shape index (κ1) is 26.0. The molecule has 0 spiro atoms.